The third kappa shape index (κ3) is 4.23. The van der Waals surface area contributed by atoms with E-state index in [4.69, 9.17) is 21.7 Å². The summed E-state index contributed by atoms with van der Waals surface area (Å²) in [5.74, 6) is 1.44. The monoisotopic (exact) mass is 386 g/mol. The molecule has 0 saturated heterocycles. The second-order valence-corrected chi connectivity index (χ2v) is 6.11. The van der Waals surface area contributed by atoms with Crippen molar-refractivity contribution < 1.29 is 9.47 Å². The lowest BCUT2D eigenvalue weighted by atomic mass is 10.2. The topological polar surface area (TPSA) is 64.1 Å². The number of benzene rings is 1. The van der Waals surface area contributed by atoms with Gasteiger partial charge in [-0.3, -0.25) is 5.10 Å². The van der Waals surface area contributed by atoms with Crippen molar-refractivity contribution in [2.45, 2.75) is 33.4 Å². The van der Waals surface area contributed by atoms with Crippen LogP contribution >= 0.6 is 28.1 Å². The molecular weight excluding hydrogens is 368 g/mol. The molecule has 0 aliphatic rings. The van der Waals surface area contributed by atoms with E-state index in [2.05, 4.69) is 31.6 Å². The van der Waals surface area contributed by atoms with Crippen LogP contribution in [0.4, 0.5) is 0 Å². The first-order chi connectivity index (χ1) is 10.5. The van der Waals surface area contributed by atoms with E-state index in [0.29, 0.717) is 17.9 Å². The number of nitrogens with zero attached hydrogens (tertiary/aromatic N) is 2. The smallest absolute Gasteiger partial charge is 0.214 e. The molecule has 2 N–H and O–H groups in total. The summed E-state index contributed by atoms with van der Waals surface area (Å²) in [6.07, 6.45) is 1.67. The largest absolute Gasteiger partial charge is 0.490 e. The molecule has 120 valence electrons. The van der Waals surface area contributed by atoms with Gasteiger partial charge in [-0.05, 0) is 66.6 Å². The van der Waals surface area contributed by atoms with Crippen molar-refractivity contribution in [3.8, 4) is 11.5 Å². The van der Waals surface area contributed by atoms with Crippen molar-refractivity contribution >= 4 is 28.1 Å². The standard InChI is InChI=1S/C14H19BrN4O2S/c1-4-20-12-6-10(5-11(15)13(12)21-9(2)3)7-17-19-8-16-18-14(19)22/h5-6,8-9,17H,4,7H2,1-3H3,(H,18,22). The Hall–Kier alpha value is -1.54. The van der Waals surface area contributed by atoms with Crippen LogP contribution < -0.4 is 14.9 Å². The Labute approximate surface area is 142 Å². The van der Waals surface area contributed by atoms with Crippen molar-refractivity contribution in [3.63, 3.8) is 0 Å². The maximum atomic E-state index is 5.82. The van der Waals surface area contributed by atoms with Crippen molar-refractivity contribution in [2.24, 2.45) is 0 Å². The van der Waals surface area contributed by atoms with Gasteiger partial charge < -0.3 is 14.9 Å². The van der Waals surface area contributed by atoms with Gasteiger partial charge in [-0.1, -0.05) is 0 Å². The fraction of sp³-hybridized carbons (Fsp3) is 0.429. The first-order valence-electron chi connectivity index (χ1n) is 6.99. The summed E-state index contributed by atoms with van der Waals surface area (Å²) in [7, 11) is 0. The predicted molar refractivity (Wildman–Crippen MR) is 91.6 cm³/mol. The maximum absolute atomic E-state index is 5.82. The number of hydrogen-bond donors (Lipinski definition) is 2. The fourth-order valence-corrected chi connectivity index (χ4v) is 2.62. The quantitative estimate of drug-likeness (QED) is 0.711. The molecule has 1 aromatic heterocycles. The zero-order chi connectivity index (χ0) is 16.1. The minimum atomic E-state index is 0.0729. The van der Waals surface area contributed by atoms with Gasteiger partial charge in [0.05, 0.1) is 23.7 Å². The number of halogens is 1. The maximum Gasteiger partial charge on any atom is 0.214 e. The number of rotatable bonds is 7. The van der Waals surface area contributed by atoms with E-state index in [1.54, 1.807) is 11.0 Å². The van der Waals surface area contributed by atoms with E-state index in [0.717, 1.165) is 21.5 Å². The molecule has 22 heavy (non-hydrogen) atoms. The lowest BCUT2D eigenvalue weighted by molar-refractivity contribution is 0.222. The van der Waals surface area contributed by atoms with Crippen molar-refractivity contribution in [1.82, 2.24) is 14.9 Å². The molecular formula is C14H19BrN4O2S. The summed E-state index contributed by atoms with van der Waals surface area (Å²) in [6, 6.07) is 3.96. The second-order valence-electron chi connectivity index (χ2n) is 4.87. The van der Waals surface area contributed by atoms with E-state index in [1.165, 1.54) is 0 Å². The molecule has 6 nitrogen and oxygen atoms in total. The second kappa shape index (κ2) is 7.64. The Morgan fingerprint density at radius 2 is 2.23 bits per heavy atom. The van der Waals surface area contributed by atoms with Crippen LogP contribution in [0, 0.1) is 4.77 Å². The molecule has 2 rings (SSSR count). The molecule has 0 radical (unpaired) electrons. The first-order valence-corrected chi connectivity index (χ1v) is 8.19. The lowest BCUT2D eigenvalue weighted by Gasteiger charge is -2.17. The van der Waals surface area contributed by atoms with Crippen LogP contribution in [-0.2, 0) is 6.54 Å². The Morgan fingerprint density at radius 3 is 2.82 bits per heavy atom. The molecule has 0 aliphatic carbocycles. The molecule has 0 saturated carbocycles. The molecule has 0 spiro atoms. The lowest BCUT2D eigenvalue weighted by Crippen LogP contribution is -2.14. The van der Waals surface area contributed by atoms with Crippen LogP contribution in [0.25, 0.3) is 0 Å². The van der Waals surface area contributed by atoms with E-state index in [1.807, 2.05) is 32.9 Å². The van der Waals surface area contributed by atoms with Crippen molar-refractivity contribution in [1.29, 1.82) is 0 Å². The summed E-state index contributed by atoms with van der Waals surface area (Å²) in [5.41, 5.74) is 4.20. The minimum absolute atomic E-state index is 0.0729. The molecule has 8 heteroatoms. The zero-order valence-electron chi connectivity index (χ0n) is 12.7. The van der Waals surface area contributed by atoms with Crippen molar-refractivity contribution in [2.75, 3.05) is 12.0 Å². The first kappa shape index (κ1) is 16.8. The SMILES string of the molecule is CCOc1cc(CNn2cn[nH]c2=S)cc(Br)c1OC(C)C. The molecule has 2 aromatic rings. The van der Waals surface area contributed by atoms with Gasteiger partial charge in [0.1, 0.15) is 6.33 Å². The van der Waals surface area contributed by atoms with Gasteiger partial charge in [0.25, 0.3) is 0 Å². The normalized spacial score (nSPS) is 10.8. The van der Waals surface area contributed by atoms with Gasteiger partial charge in [0, 0.05) is 0 Å². The highest BCUT2D eigenvalue weighted by molar-refractivity contribution is 9.10. The summed E-state index contributed by atoms with van der Waals surface area (Å²) >= 11 is 8.64. The molecule has 0 fully saturated rings. The van der Waals surface area contributed by atoms with Crippen LogP contribution in [0.5, 0.6) is 11.5 Å². The molecule has 0 amide bonds. The molecule has 1 aromatic carbocycles. The molecule has 0 aliphatic heterocycles. The zero-order valence-corrected chi connectivity index (χ0v) is 15.1. The summed E-state index contributed by atoms with van der Waals surface area (Å²) in [5, 5.41) is 6.55. The number of aromatic amines is 1. The third-order valence-corrected chi connectivity index (χ3v) is 3.61. The van der Waals surface area contributed by atoms with Crippen LogP contribution in [-0.4, -0.2) is 27.6 Å². The number of nitrogens with one attached hydrogen (secondary N) is 2. The van der Waals surface area contributed by atoms with Crippen LogP contribution in [0.1, 0.15) is 26.3 Å². The van der Waals surface area contributed by atoms with Gasteiger partial charge in [0.15, 0.2) is 11.5 Å². The summed E-state index contributed by atoms with van der Waals surface area (Å²) in [4.78, 5) is 0. The van der Waals surface area contributed by atoms with Crippen LogP contribution in [0.3, 0.4) is 0 Å². The molecule has 0 atom stereocenters. The number of H-pyrrole nitrogens is 1. The Morgan fingerprint density at radius 1 is 1.45 bits per heavy atom. The van der Waals surface area contributed by atoms with E-state index < -0.39 is 0 Å². The van der Waals surface area contributed by atoms with Gasteiger partial charge in [0.2, 0.25) is 4.77 Å². The molecule has 1 heterocycles. The van der Waals surface area contributed by atoms with Gasteiger partial charge >= 0.3 is 0 Å². The van der Waals surface area contributed by atoms with Gasteiger partial charge in [-0.15, -0.1) is 0 Å². The fourth-order valence-electron chi connectivity index (χ4n) is 1.87. The van der Waals surface area contributed by atoms with Gasteiger partial charge in [-0.2, -0.15) is 5.10 Å². The number of ether oxygens (including phenoxy) is 2. The molecule has 0 unspecified atom stereocenters. The average molecular weight is 387 g/mol. The highest BCUT2D eigenvalue weighted by Crippen LogP contribution is 2.37. The number of hydrogen-bond acceptors (Lipinski definition) is 5. The Bertz CT molecular complexity index is 684. The predicted octanol–water partition coefficient (Wildman–Crippen LogP) is 3.63. The van der Waals surface area contributed by atoms with E-state index >= 15 is 0 Å². The van der Waals surface area contributed by atoms with Crippen LogP contribution in [0.2, 0.25) is 0 Å². The summed E-state index contributed by atoms with van der Waals surface area (Å²) in [6.45, 7) is 7.07. The van der Waals surface area contributed by atoms with Crippen LogP contribution in [0.15, 0.2) is 22.9 Å². The van der Waals surface area contributed by atoms with E-state index in [9.17, 15) is 0 Å². The number of aromatic nitrogens is 3. The Balaban J connectivity index is 2.21. The van der Waals surface area contributed by atoms with E-state index in [-0.39, 0.29) is 6.10 Å². The molecule has 0 bridgehead atoms. The summed E-state index contributed by atoms with van der Waals surface area (Å²) < 4.78 is 14.5. The third-order valence-electron chi connectivity index (χ3n) is 2.73. The highest BCUT2D eigenvalue weighted by atomic mass is 79.9. The van der Waals surface area contributed by atoms with Gasteiger partial charge in [-0.25, -0.2) is 4.68 Å². The minimum Gasteiger partial charge on any atom is -0.490 e. The Kier molecular flexibility index (Phi) is 5.84. The van der Waals surface area contributed by atoms with Crippen molar-refractivity contribution in [3.05, 3.63) is 33.3 Å². The average Bonchev–Trinajstić information content (AvgIpc) is 2.86. The highest BCUT2D eigenvalue weighted by Gasteiger charge is 2.13.